The van der Waals surface area contributed by atoms with E-state index < -0.39 is 24.5 Å². The van der Waals surface area contributed by atoms with Crippen molar-refractivity contribution in [2.24, 2.45) is 0 Å². The summed E-state index contributed by atoms with van der Waals surface area (Å²) in [7, 11) is 1.22. The molecule has 0 fully saturated rings. The van der Waals surface area contributed by atoms with Crippen LogP contribution in [0.5, 0.6) is 5.75 Å². The number of benzene rings is 2. The molecule has 0 heterocycles. The molecule has 132 valence electrons. The molecule has 2 aromatic rings. The van der Waals surface area contributed by atoms with Gasteiger partial charge in [-0.1, -0.05) is 28.1 Å². The van der Waals surface area contributed by atoms with E-state index in [1.807, 2.05) is 0 Å². The summed E-state index contributed by atoms with van der Waals surface area (Å²) in [6, 6.07) is 10.9. The zero-order valence-electron chi connectivity index (χ0n) is 13.0. The number of hydrogen-bond donors (Lipinski definition) is 1. The number of hydrogen-bond acceptors (Lipinski definition) is 4. The van der Waals surface area contributed by atoms with Crippen molar-refractivity contribution in [3.05, 3.63) is 64.1 Å². The van der Waals surface area contributed by atoms with Crippen LogP contribution in [0.25, 0.3) is 0 Å². The van der Waals surface area contributed by atoms with E-state index in [2.05, 4.69) is 26.0 Å². The highest BCUT2D eigenvalue weighted by molar-refractivity contribution is 9.10. The van der Waals surface area contributed by atoms with Crippen molar-refractivity contribution in [2.45, 2.75) is 12.7 Å². The van der Waals surface area contributed by atoms with E-state index in [9.17, 15) is 18.4 Å². The number of nitrogens with one attached hydrogen (secondary N) is 1. The third-order valence-electron chi connectivity index (χ3n) is 3.26. The summed E-state index contributed by atoms with van der Waals surface area (Å²) in [6.45, 7) is -2.94. The van der Waals surface area contributed by atoms with Gasteiger partial charge >= 0.3 is 12.6 Å². The van der Waals surface area contributed by atoms with Crippen LogP contribution in [0.3, 0.4) is 0 Å². The maximum atomic E-state index is 12.3. The first-order chi connectivity index (χ1) is 11.9. The zero-order valence-corrected chi connectivity index (χ0v) is 14.6. The van der Waals surface area contributed by atoms with Crippen LogP contribution in [-0.4, -0.2) is 25.6 Å². The van der Waals surface area contributed by atoms with Gasteiger partial charge in [-0.2, -0.15) is 8.78 Å². The molecule has 0 radical (unpaired) electrons. The quantitative estimate of drug-likeness (QED) is 0.733. The largest absolute Gasteiger partial charge is 0.467 e. The Balaban J connectivity index is 2.16. The van der Waals surface area contributed by atoms with Gasteiger partial charge in [-0.3, -0.25) is 4.79 Å². The summed E-state index contributed by atoms with van der Waals surface area (Å²) in [5, 5.41) is 2.56. The second-order valence-corrected chi connectivity index (χ2v) is 5.80. The Hall–Kier alpha value is -2.48. The molecule has 8 heteroatoms. The van der Waals surface area contributed by atoms with E-state index in [-0.39, 0.29) is 11.3 Å². The van der Waals surface area contributed by atoms with Crippen molar-refractivity contribution < 1.29 is 27.8 Å². The van der Waals surface area contributed by atoms with Gasteiger partial charge in [-0.25, -0.2) is 4.79 Å². The topological polar surface area (TPSA) is 64.6 Å². The van der Waals surface area contributed by atoms with E-state index in [1.165, 1.54) is 31.4 Å². The summed E-state index contributed by atoms with van der Waals surface area (Å²) >= 11 is 3.29. The molecule has 5 nitrogen and oxygen atoms in total. The Labute approximate surface area is 151 Å². The van der Waals surface area contributed by atoms with E-state index >= 15 is 0 Å². The maximum absolute atomic E-state index is 12.3. The lowest BCUT2D eigenvalue weighted by Crippen LogP contribution is -2.34. The Bertz CT molecular complexity index is 735. The van der Waals surface area contributed by atoms with Gasteiger partial charge in [-0.05, 0) is 42.0 Å². The first kappa shape index (κ1) is 18.9. The summed E-state index contributed by atoms with van der Waals surface area (Å²) in [5.74, 6) is -1.25. The minimum atomic E-state index is -2.94. The Morgan fingerprint density at radius 1 is 1.04 bits per heavy atom. The van der Waals surface area contributed by atoms with Gasteiger partial charge in [0.1, 0.15) is 5.75 Å². The van der Waals surface area contributed by atoms with Crippen molar-refractivity contribution in [3.63, 3.8) is 0 Å². The molecule has 0 saturated carbocycles. The molecule has 0 spiro atoms. The summed E-state index contributed by atoms with van der Waals surface area (Å²) in [5.41, 5.74) is 0.730. The summed E-state index contributed by atoms with van der Waals surface area (Å²) < 4.78 is 34.0. The Kier molecular flexibility index (Phi) is 6.46. The molecule has 0 aromatic heterocycles. The van der Waals surface area contributed by atoms with Crippen LogP contribution in [0.15, 0.2) is 53.0 Å². The van der Waals surface area contributed by atoms with Crippen LogP contribution in [0.4, 0.5) is 8.78 Å². The number of methoxy groups -OCH3 is 1. The number of halogens is 3. The minimum absolute atomic E-state index is 0.0658. The Morgan fingerprint density at radius 3 is 2.16 bits per heavy atom. The fourth-order valence-electron chi connectivity index (χ4n) is 2.05. The van der Waals surface area contributed by atoms with E-state index in [4.69, 9.17) is 4.74 Å². The maximum Gasteiger partial charge on any atom is 0.387 e. The number of esters is 1. The van der Waals surface area contributed by atoms with Crippen molar-refractivity contribution in [3.8, 4) is 5.75 Å². The highest BCUT2D eigenvalue weighted by Gasteiger charge is 2.24. The predicted molar refractivity (Wildman–Crippen MR) is 89.4 cm³/mol. The van der Waals surface area contributed by atoms with E-state index in [0.29, 0.717) is 5.56 Å². The van der Waals surface area contributed by atoms with Crippen LogP contribution in [0.1, 0.15) is 22.0 Å². The van der Waals surface area contributed by atoms with E-state index in [0.717, 1.165) is 4.47 Å². The predicted octanol–water partition coefficient (Wildman–Crippen LogP) is 3.69. The number of ether oxygens (including phenoxy) is 2. The number of carbonyl (C=O) groups excluding carboxylic acids is 2. The van der Waals surface area contributed by atoms with Gasteiger partial charge in [0.2, 0.25) is 0 Å². The monoisotopic (exact) mass is 413 g/mol. The SMILES string of the molecule is COC(=O)[C@@H](NC(=O)c1ccc(OC(F)F)cc1)c1ccc(Br)cc1. The van der Waals surface area contributed by atoms with Crippen molar-refractivity contribution in [1.82, 2.24) is 5.32 Å². The molecule has 2 rings (SSSR count). The van der Waals surface area contributed by atoms with Crippen LogP contribution in [-0.2, 0) is 9.53 Å². The van der Waals surface area contributed by atoms with Gasteiger partial charge in [-0.15, -0.1) is 0 Å². The lowest BCUT2D eigenvalue weighted by Gasteiger charge is -2.17. The first-order valence-electron chi connectivity index (χ1n) is 7.09. The summed E-state index contributed by atoms with van der Waals surface area (Å²) in [6.07, 6.45) is 0. The van der Waals surface area contributed by atoms with Gasteiger partial charge in [0.15, 0.2) is 6.04 Å². The molecule has 25 heavy (non-hydrogen) atoms. The molecule has 0 aliphatic carbocycles. The van der Waals surface area contributed by atoms with Gasteiger partial charge < -0.3 is 14.8 Å². The van der Waals surface area contributed by atoms with Crippen LogP contribution < -0.4 is 10.1 Å². The van der Waals surface area contributed by atoms with E-state index in [1.54, 1.807) is 24.3 Å². The highest BCUT2D eigenvalue weighted by Crippen LogP contribution is 2.20. The molecule has 2 aromatic carbocycles. The smallest absolute Gasteiger partial charge is 0.387 e. The van der Waals surface area contributed by atoms with Crippen LogP contribution in [0, 0.1) is 0 Å². The normalized spacial score (nSPS) is 11.7. The molecular formula is C17H14BrF2NO4. The van der Waals surface area contributed by atoms with Crippen LogP contribution >= 0.6 is 15.9 Å². The molecule has 1 amide bonds. The van der Waals surface area contributed by atoms with Gasteiger partial charge in [0.25, 0.3) is 5.91 Å². The zero-order chi connectivity index (χ0) is 18.4. The third-order valence-corrected chi connectivity index (χ3v) is 3.79. The molecular weight excluding hydrogens is 400 g/mol. The number of alkyl halides is 2. The lowest BCUT2D eigenvalue weighted by molar-refractivity contribution is -0.143. The fourth-order valence-corrected chi connectivity index (χ4v) is 2.32. The number of amides is 1. The molecule has 0 aliphatic rings. The number of carbonyl (C=O) groups is 2. The van der Waals surface area contributed by atoms with Crippen molar-refractivity contribution >= 4 is 27.8 Å². The summed E-state index contributed by atoms with van der Waals surface area (Å²) in [4.78, 5) is 24.3. The van der Waals surface area contributed by atoms with Gasteiger partial charge in [0.05, 0.1) is 7.11 Å². The minimum Gasteiger partial charge on any atom is -0.467 e. The standard InChI is InChI=1S/C17H14BrF2NO4/c1-24-16(23)14(10-2-6-12(18)7-3-10)21-15(22)11-4-8-13(9-5-11)25-17(19)20/h2-9,14,17H,1H3,(H,21,22)/t14-/m0/s1. The fraction of sp³-hybridized carbons (Fsp3) is 0.176. The second-order valence-electron chi connectivity index (χ2n) is 4.88. The number of rotatable bonds is 6. The second kappa shape index (κ2) is 8.57. The Morgan fingerprint density at radius 2 is 1.64 bits per heavy atom. The molecule has 0 aliphatic heterocycles. The van der Waals surface area contributed by atoms with Crippen LogP contribution in [0.2, 0.25) is 0 Å². The molecule has 0 saturated heterocycles. The first-order valence-corrected chi connectivity index (χ1v) is 7.89. The average molecular weight is 414 g/mol. The lowest BCUT2D eigenvalue weighted by atomic mass is 10.1. The molecule has 0 bridgehead atoms. The van der Waals surface area contributed by atoms with Gasteiger partial charge in [0, 0.05) is 10.0 Å². The average Bonchev–Trinajstić information content (AvgIpc) is 2.60. The van der Waals surface area contributed by atoms with Crippen molar-refractivity contribution in [1.29, 1.82) is 0 Å². The third kappa shape index (κ3) is 5.25. The molecule has 0 unspecified atom stereocenters. The molecule has 1 atom stereocenters. The highest BCUT2D eigenvalue weighted by atomic mass is 79.9. The molecule has 1 N–H and O–H groups in total. The van der Waals surface area contributed by atoms with Crippen molar-refractivity contribution in [2.75, 3.05) is 7.11 Å².